The molecule has 0 bridgehead atoms. The molecule has 24 heavy (non-hydrogen) atoms. The molecule has 1 saturated heterocycles. The molecule has 3 rings (SSSR count). The van der Waals surface area contributed by atoms with Crippen LogP contribution in [0, 0.1) is 11.7 Å². The smallest absolute Gasteiger partial charge is 0.321 e. The topological polar surface area (TPSA) is 78.5 Å². The zero-order valence-corrected chi connectivity index (χ0v) is 14.2. The second-order valence-corrected chi connectivity index (χ2v) is 8.51. The van der Waals surface area contributed by atoms with Crippen LogP contribution >= 0.6 is 0 Å². The van der Waals surface area contributed by atoms with E-state index in [9.17, 15) is 17.6 Å². The molecule has 132 valence electrons. The summed E-state index contributed by atoms with van der Waals surface area (Å²) in [4.78, 5) is 13.9. The van der Waals surface area contributed by atoms with Crippen LogP contribution in [0.2, 0.25) is 0 Å². The number of hydrogen-bond donors (Lipinski definition) is 2. The highest BCUT2D eigenvalue weighted by Gasteiger charge is 2.36. The van der Waals surface area contributed by atoms with Crippen molar-refractivity contribution >= 4 is 21.7 Å². The number of halogens is 1. The van der Waals surface area contributed by atoms with Crippen LogP contribution in [0.4, 0.5) is 14.9 Å². The maximum absolute atomic E-state index is 12.9. The first-order valence-corrected chi connectivity index (χ1v) is 9.78. The minimum absolute atomic E-state index is 0.195. The van der Waals surface area contributed by atoms with Crippen LogP contribution in [0.25, 0.3) is 0 Å². The van der Waals surface area contributed by atoms with E-state index >= 15 is 0 Å². The molecule has 0 radical (unpaired) electrons. The highest BCUT2D eigenvalue weighted by atomic mass is 32.2. The van der Waals surface area contributed by atoms with Crippen LogP contribution in [-0.4, -0.2) is 44.2 Å². The summed E-state index contributed by atoms with van der Waals surface area (Å²) in [6.45, 7) is 1.62. The molecule has 0 unspecified atom stereocenters. The molecule has 8 heteroatoms. The van der Waals surface area contributed by atoms with E-state index in [2.05, 4.69) is 10.0 Å². The van der Waals surface area contributed by atoms with Crippen molar-refractivity contribution in [1.82, 2.24) is 9.62 Å². The fraction of sp³-hybridized carbons (Fsp3) is 0.562. The molecule has 1 aromatic rings. The summed E-state index contributed by atoms with van der Waals surface area (Å²) in [7, 11) is -3.13. The molecule has 1 aliphatic carbocycles. The molecule has 0 spiro atoms. The Kier molecular flexibility index (Phi) is 5.05. The molecule has 6 nitrogen and oxygen atoms in total. The molecule has 1 aliphatic heterocycles. The van der Waals surface area contributed by atoms with Crippen molar-refractivity contribution in [1.29, 1.82) is 0 Å². The second-order valence-electron chi connectivity index (χ2n) is 6.46. The predicted octanol–water partition coefficient (Wildman–Crippen LogP) is 2.15. The summed E-state index contributed by atoms with van der Waals surface area (Å²) in [5.74, 6) is -0.0872. The lowest BCUT2D eigenvalue weighted by molar-refractivity contribution is 0.183. The standard InChI is InChI=1S/C16H22FN3O3S/c17-13-1-3-14(4-2-13)19-16(21)20-9-7-12(8-10-20)11-18-24(22,23)15-5-6-15/h1-4,12,15,18H,5-11H2,(H,19,21). The fourth-order valence-corrected chi connectivity index (χ4v) is 4.27. The molecule has 1 heterocycles. The Morgan fingerprint density at radius 3 is 2.33 bits per heavy atom. The van der Waals surface area contributed by atoms with Crippen molar-refractivity contribution in [3.63, 3.8) is 0 Å². The molecule has 1 aromatic carbocycles. The molecule has 2 N–H and O–H groups in total. The van der Waals surface area contributed by atoms with Gasteiger partial charge in [-0.05, 0) is 55.9 Å². The lowest BCUT2D eigenvalue weighted by Crippen LogP contribution is -2.43. The van der Waals surface area contributed by atoms with Crippen molar-refractivity contribution in [2.75, 3.05) is 25.0 Å². The normalized spacial score (nSPS) is 19.3. The average molecular weight is 355 g/mol. The summed E-state index contributed by atoms with van der Waals surface area (Å²) in [5.41, 5.74) is 0.556. The number of rotatable bonds is 5. The van der Waals surface area contributed by atoms with Crippen LogP contribution in [0.15, 0.2) is 24.3 Å². The van der Waals surface area contributed by atoms with Gasteiger partial charge in [-0.2, -0.15) is 0 Å². The number of piperidine rings is 1. The number of likely N-dealkylation sites (tertiary alicyclic amines) is 1. The van der Waals surface area contributed by atoms with Gasteiger partial charge in [0.2, 0.25) is 10.0 Å². The number of nitrogens with zero attached hydrogens (tertiary/aromatic N) is 1. The summed E-state index contributed by atoms with van der Waals surface area (Å²) >= 11 is 0. The van der Waals surface area contributed by atoms with E-state index in [0.717, 1.165) is 25.7 Å². The number of hydrogen-bond acceptors (Lipinski definition) is 3. The molecule has 1 saturated carbocycles. The molecular formula is C16H22FN3O3S. The number of sulfonamides is 1. The summed E-state index contributed by atoms with van der Waals surface area (Å²) in [6, 6.07) is 5.43. The van der Waals surface area contributed by atoms with Crippen LogP contribution in [-0.2, 0) is 10.0 Å². The third-order valence-corrected chi connectivity index (χ3v) is 6.45. The molecule has 0 aromatic heterocycles. The zero-order chi connectivity index (χ0) is 17.2. The lowest BCUT2D eigenvalue weighted by Gasteiger charge is -2.32. The molecule has 2 aliphatic rings. The zero-order valence-electron chi connectivity index (χ0n) is 13.4. The van der Waals surface area contributed by atoms with E-state index in [1.807, 2.05) is 0 Å². The Labute approximate surface area is 141 Å². The van der Waals surface area contributed by atoms with Crippen molar-refractivity contribution in [2.24, 2.45) is 5.92 Å². The van der Waals surface area contributed by atoms with Gasteiger partial charge in [-0.3, -0.25) is 0 Å². The highest BCUT2D eigenvalue weighted by molar-refractivity contribution is 7.90. The van der Waals surface area contributed by atoms with E-state index < -0.39 is 10.0 Å². The van der Waals surface area contributed by atoms with Crippen LogP contribution in [0.1, 0.15) is 25.7 Å². The van der Waals surface area contributed by atoms with Gasteiger partial charge in [-0.1, -0.05) is 0 Å². The fourth-order valence-electron chi connectivity index (χ4n) is 2.81. The van der Waals surface area contributed by atoms with Gasteiger partial charge in [-0.25, -0.2) is 22.3 Å². The van der Waals surface area contributed by atoms with Crippen LogP contribution in [0.3, 0.4) is 0 Å². The monoisotopic (exact) mass is 355 g/mol. The molecule has 2 fully saturated rings. The van der Waals surface area contributed by atoms with Gasteiger partial charge < -0.3 is 10.2 Å². The Balaban J connectivity index is 1.42. The predicted molar refractivity (Wildman–Crippen MR) is 89.7 cm³/mol. The van der Waals surface area contributed by atoms with Gasteiger partial charge in [0.1, 0.15) is 5.82 Å². The molecular weight excluding hydrogens is 333 g/mol. The van der Waals surface area contributed by atoms with Crippen molar-refractivity contribution < 1.29 is 17.6 Å². The van der Waals surface area contributed by atoms with Gasteiger partial charge in [-0.15, -0.1) is 0 Å². The number of urea groups is 1. The first-order valence-electron chi connectivity index (χ1n) is 8.24. The second kappa shape index (κ2) is 7.06. The van der Waals surface area contributed by atoms with Crippen molar-refractivity contribution in [3.05, 3.63) is 30.1 Å². The van der Waals surface area contributed by atoms with Crippen LogP contribution < -0.4 is 10.0 Å². The third kappa shape index (κ3) is 4.45. The van der Waals surface area contributed by atoms with E-state index in [-0.39, 0.29) is 23.0 Å². The maximum Gasteiger partial charge on any atom is 0.321 e. The van der Waals surface area contributed by atoms with E-state index in [1.54, 1.807) is 4.90 Å². The average Bonchev–Trinajstić information content (AvgIpc) is 3.41. The number of amides is 2. The number of carbonyl (C=O) groups is 1. The SMILES string of the molecule is O=C(Nc1ccc(F)cc1)N1CCC(CNS(=O)(=O)C2CC2)CC1. The Hall–Kier alpha value is -1.67. The minimum Gasteiger partial charge on any atom is -0.325 e. The minimum atomic E-state index is -3.13. The Morgan fingerprint density at radius 1 is 1.12 bits per heavy atom. The Morgan fingerprint density at radius 2 is 1.75 bits per heavy atom. The number of carbonyl (C=O) groups excluding carboxylic acids is 1. The Bertz CT molecular complexity index is 681. The number of anilines is 1. The molecule has 0 atom stereocenters. The lowest BCUT2D eigenvalue weighted by atomic mass is 9.97. The van der Waals surface area contributed by atoms with E-state index in [4.69, 9.17) is 0 Å². The van der Waals surface area contributed by atoms with Crippen molar-refractivity contribution in [2.45, 2.75) is 30.9 Å². The first-order chi connectivity index (χ1) is 11.4. The van der Waals surface area contributed by atoms with Crippen LogP contribution in [0.5, 0.6) is 0 Å². The van der Waals surface area contributed by atoms with Gasteiger partial charge in [0.05, 0.1) is 5.25 Å². The van der Waals surface area contributed by atoms with E-state index in [1.165, 1.54) is 24.3 Å². The number of nitrogens with one attached hydrogen (secondary N) is 2. The number of benzene rings is 1. The van der Waals surface area contributed by atoms with Gasteiger partial charge in [0, 0.05) is 25.3 Å². The molecule has 2 amide bonds. The van der Waals surface area contributed by atoms with Crippen molar-refractivity contribution in [3.8, 4) is 0 Å². The third-order valence-electron chi connectivity index (χ3n) is 4.53. The summed E-state index contributed by atoms with van der Waals surface area (Å²) in [6.07, 6.45) is 3.06. The summed E-state index contributed by atoms with van der Waals surface area (Å²) < 4.78 is 39.2. The van der Waals surface area contributed by atoms with Gasteiger partial charge in [0.15, 0.2) is 0 Å². The highest BCUT2D eigenvalue weighted by Crippen LogP contribution is 2.28. The van der Waals surface area contributed by atoms with Gasteiger partial charge in [0.25, 0.3) is 0 Å². The van der Waals surface area contributed by atoms with Gasteiger partial charge >= 0.3 is 6.03 Å². The first kappa shape index (κ1) is 17.2. The summed E-state index contributed by atoms with van der Waals surface area (Å²) in [5, 5.41) is 2.55. The quantitative estimate of drug-likeness (QED) is 0.849. The maximum atomic E-state index is 12.9. The van der Waals surface area contributed by atoms with E-state index in [0.29, 0.717) is 25.3 Å². The largest absolute Gasteiger partial charge is 0.325 e.